The molecule has 4 aromatic rings. The van der Waals surface area contributed by atoms with Crippen LogP contribution in [-0.2, 0) is 13.1 Å². The fourth-order valence-corrected chi connectivity index (χ4v) is 4.41. The molecule has 0 saturated carbocycles. The highest BCUT2D eigenvalue weighted by atomic mass is 35.5. The van der Waals surface area contributed by atoms with Crippen molar-refractivity contribution in [3.05, 3.63) is 118 Å². The van der Waals surface area contributed by atoms with E-state index in [1.807, 2.05) is 66.1 Å². The van der Waals surface area contributed by atoms with Gasteiger partial charge in [-0.2, -0.15) is 0 Å². The molecule has 1 N–H and O–H groups in total. The van der Waals surface area contributed by atoms with Crippen LogP contribution in [0.2, 0.25) is 5.15 Å². The normalized spacial score (nSPS) is 12.5. The minimum absolute atomic E-state index is 0.106. The van der Waals surface area contributed by atoms with E-state index in [1.54, 1.807) is 35.2 Å². The van der Waals surface area contributed by atoms with E-state index < -0.39 is 0 Å². The molecule has 0 aliphatic carbocycles. The Kier molecular flexibility index (Phi) is 5.48. The average molecular weight is 456 g/mol. The van der Waals surface area contributed by atoms with Gasteiger partial charge in [-0.1, -0.05) is 48.0 Å². The van der Waals surface area contributed by atoms with Gasteiger partial charge in [-0.15, -0.1) is 0 Å². The molecule has 5 nitrogen and oxygen atoms in total. The maximum absolute atomic E-state index is 13.5. The fraction of sp³-hybridized carbons (Fsp3) is 0.111. The Labute approximate surface area is 197 Å². The molecule has 1 aromatic heterocycles. The van der Waals surface area contributed by atoms with E-state index in [0.29, 0.717) is 35.1 Å². The summed E-state index contributed by atoms with van der Waals surface area (Å²) >= 11 is 6.38. The summed E-state index contributed by atoms with van der Waals surface area (Å²) < 4.78 is 2.03. The molecule has 164 valence electrons. The first-order valence-corrected chi connectivity index (χ1v) is 11.1. The molecule has 0 atom stereocenters. The molecule has 5 rings (SSSR count). The van der Waals surface area contributed by atoms with Crippen LogP contribution in [0.4, 0.5) is 11.4 Å². The quantitative estimate of drug-likeness (QED) is 0.417. The third-order valence-electron chi connectivity index (χ3n) is 5.97. The summed E-state index contributed by atoms with van der Waals surface area (Å²) in [6.45, 7) is 2.94. The Morgan fingerprint density at radius 1 is 0.848 bits per heavy atom. The number of aryl methyl sites for hydroxylation is 1. The second kappa shape index (κ2) is 8.60. The first kappa shape index (κ1) is 21.0. The van der Waals surface area contributed by atoms with Crippen LogP contribution in [0.3, 0.4) is 0 Å². The Balaban J connectivity index is 1.40. The zero-order valence-corrected chi connectivity index (χ0v) is 18.8. The predicted molar refractivity (Wildman–Crippen MR) is 131 cm³/mol. The van der Waals surface area contributed by atoms with Crippen LogP contribution in [0.5, 0.6) is 0 Å². The van der Waals surface area contributed by atoms with E-state index in [0.717, 1.165) is 22.5 Å². The first-order chi connectivity index (χ1) is 16.0. The molecule has 1 aliphatic heterocycles. The van der Waals surface area contributed by atoms with Crippen molar-refractivity contribution >= 4 is 34.8 Å². The van der Waals surface area contributed by atoms with E-state index in [-0.39, 0.29) is 11.8 Å². The van der Waals surface area contributed by atoms with Crippen molar-refractivity contribution < 1.29 is 9.59 Å². The SMILES string of the molecule is Cc1ccccc1C(=O)Nc1ccc(C(=O)N2Cc3ccc(Cl)n3Cc3ccccc32)cc1. The van der Waals surface area contributed by atoms with Crippen molar-refractivity contribution in [1.82, 2.24) is 4.57 Å². The number of carbonyl (C=O) groups excluding carboxylic acids is 2. The second-order valence-corrected chi connectivity index (χ2v) is 8.49. The second-order valence-electron chi connectivity index (χ2n) is 8.10. The Hall–Kier alpha value is -3.83. The molecular formula is C27H22ClN3O2. The molecule has 0 fully saturated rings. The van der Waals surface area contributed by atoms with Gasteiger partial charge in [0.15, 0.2) is 0 Å². The number of halogens is 1. The van der Waals surface area contributed by atoms with Crippen LogP contribution in [0.15, 0.2) is 84.9 Å². The maximum atomic E-state index is 13.5. The zero-order valence-electron chi connectivity index (χ0n) is 18.1. The van der Waals surface area contributed by atoms with E-state index in [9.17, 15) is 9.59 Å². The lowest BCUT2D eigenvalue weighted by molar-refractivity contribution is 0.0983. The van der Waals surface area contributed by atoms with Crippen molar-refractivity contribution in [3.8, 4) is 0 Å². The molecule has 0 saturated heterocycles. The van der Waals surface area contributed by atoms with Gasteiger partial charge in [0.1, 0.15) is 5.15 Å². The Morgan fingerprint density at radius 3 is 2.36 bits per heavy atom. The lowest BCUT2D eigenvalue weighted by atomic mass is 10.1. The van der Waals surface area contributed by atoms with Crippen LogP contribution in [-0.4, -0.2) is 16.4 Å². The number of para-hydroxylation sites is 1. The number of fused-ring (bicyclic) bond motifs is 2. The molecule has 33 heavy (non-hydrogen) atoms. The van der Waals surface area contributed by atoms with Gasteiger partial charge in [0.25, 0.3) is 11.8 Å². The topological polar surface area (TPSA) is 54.3 Å². The van der Waals surface area contributed by atoms with Crippen LogP contribution in [0.25, 0.3) is 0 Å². The minimum Gasteiger partial charge on any atom is -0.330 e. The van der Waals surface area contributed by atoms with E-state index in [1.165, 1.54) is 0 Å². The van der Waals surface area contributed by atoms with Gasteiger partial charge < -0.3 is 14.8 Å². The predicted octanol–water partition coefficient (Wildman–Crippen LogP) is 5.91. The average Bonchev–Trinajstić information content (AvgIpc) is 3.07. The monoisotopic (exact) mass is 455 g/mol. The number of benzene rings is 3. The van der Waals surface area contributed by atoms with E-state index in [4.69, 9.17) is 11.6 Å². The maximum Gasteiger partial charge on any atom is 0.258 e. The fourth-order valence-electron chi connectivity index (χ4n) is 4.18. The van der Waals surface area contributed by atoms with Crippen molar-refractivity contribution in [3.63, 3.8) is 0 Å². The van der Waals surface area contributed by atoms with E-state index in [2.05, 4.69) is 5.32 Å². The lowest BCUT2D eigenvalue weighted by Crippen LogP contribution is -2.30. The number of amides is 2. The minimum atomic E-state index is -0.175. The van der Waals surface area contributed by atoms with Gasteiger partial charge >= 0.3 is 0 Å². The van der Waals surface area contributed by atoms with Crippen molar-refractivity contribution in [1.29, 1.82) is 0 Å². The number of nitrogens with zero attached hydrogens (tertiary/aromatic N) is 2. The zero-order chi connectivity index (χ0) is 22.9. The summed E-state index contributed by atoms with van der Waals surface area (Å²) in [5, 5.41) is 3.56. The molecular weight excluding hydrogens is 434 g/mol. The molecule has 3 aromatic carbocycles. The van der Waals surface area contributed by atoms with Crippen LogP contribution < -0.4 is 10.2 Å². The number of aromatic nitrogens is 1. The highest BCUT2D eigenvalue weighted by Gasteiger charge is 2.25. The van der Waals surface area contributed by atoms with Crippen LogP contribution in [0, 0.1) is 6.92 Å². The molecule has 2 amide bonds. The number of hydrogen-bond acceptors (Lipinski definition) is 2. The summed E-state index contributed by atoms with van der Waals surface area (Å²) in [6, 6.07) is 26.1. The van der Waals surface area contributed by atoms with Gasteiger partial charge in [-0.3, -0.25) is 9.59 Å². The molecule has 0 bridgehead atoms. The van der Waals surface area contributed by atoms with Crippen LogP contribution >= 0.6 is 11.6 Å². The lowest BCUT2D eigenvalue weighted by Gasteiger charge is -2.23. The first-order valence-electron chi connectivity index (χ1n) is 10.7. The molecule has 0 radical (unpaired) electrons. The van der Waals surface area contributed by atoms with Gasteiger partial charge in [0, 0.05) is 28.2 Å². The number of carbonyl (C=O) groups is 2. The number of anilines is 2. The summed E-state index contributed by atoms with van der Waals surface area (Å²) in [5.74, 6) is -0.281. The molecule has 1 aliphatic rings. The van der Waals surface area contributed by atoms with Crippen LogP contribution in [0.1, 0.15) is 37.5 Å². The smallest absolute Gasteiger partial charge is 0.258 e. The Morgan fingerprint density at radius 2 is 1.58 bits per heavy atom. The van der Waals surface area contributed by atoms with Gasteiger partial charge in [-0.05, 0) is 66.6 Å². The Bertz CT molecular complexity index is 1360. The molecule has 0 unspecified atom stereocenters. The summed E-state index contributed by atoms with van der Waals surface area (Å²) in [5.41, 5.74) is 5.60. The number of hydrogen-bond donors (Lipinski definition) is 1. The van der Waals surface area contributed by atoms with Gasteiger partial charge in [0.05, 0.1) is 13.1 Å². The molecule has 2 heterocycles. The summed E-state index contributed by atoms with van der Waals surface area (Å²) in [4.78, 5) is 27.9. The molecule has 6 heteroatoms. The van der Waals surface area contributed by atoms with Crippen molar-refractivity contribution in [2.45, 2.75) is 20.0 Å². The third-order valence-corrected chi connectivity index (χ3v) is 6.30. The number of nitrogens with one attached hydrogen (secondary N) is 1. The number of rotatable bonds is 3. The summed E-state index contributed by atoms with van der Waals surface area (Å²) in [6.07, 6.45) is 0. The summed E-state index contributed by atoms with van der Waals surface area (Å²) in [7, 11) is 0. The highest BCUT2D eigenvalue weighted by Crippen LogP contribution is 2.31. The van der Waals surface area contributed by atoms with Gasteiger partial charge in [-0.25, -0.2) is 0 Å². The van der Waals surface area contributed by atoms with Crippen molar-refractivity contribution in [2.75, 3.05) is 10.2 Å². The van der Waals surface area contributed by atoms with E-state index >= 15 is 0 Å². The van der Waals surface area contributed by atoms with Gasteiger partial charge in [0.2, 0.25) is 0 Å². The standard InChI is InChI=1S/C27H22ClN3O2/c1-18-6-2-4-8-23(18)26(32)29-21-12-10-19(11-13-21)27(33)31-17-22-14-15-25(28)30(22)16-20-7-3-5-9-24(20)31/h2-15H,16-17H2,1H3,(H,29,32). The third kappa shape index (κ3) is 4.03. The largest absolute Gasteiger partial charge is 0.330 e. The van der Waals surface area contributed by atoms with Crippen molar-refractivity contribution in [2.24, 2.45) is 0 Å². The highest BCUT2D eigenvalue weighted by molar-refractivity contribution is 6.29. The molecule has 0 spiro atoms.